The third-order valence-corrected chi connectivity index (χ3v) is 5.08. The van der Waals surface area contributed by atoms with Crippen molar-refractivity contribution in [1.82, 2.24) is 4.98 Å². The van der Waals surface area contributed by atoms with Crippen LogP contribution in [0.15, 0.2) is 29.4 Å². The number of ether oxygens (including phenoxy) is 1. The largest absolute Gasteiger partial charge is 0.481 e. The second-order valence-electron chi connectivity index (χ2n) is 4.29. The predicted molar refractivity (Wildman–Crippen MR) is 74.8 cm³/mol. The van der Waals surface area contributed by atoms with E-state index in [1.165, 1.54) is 0 Å². The highest BCUT2D eigenvalue weighted by atomic mass is 33.1. The van der Waals surface area contributed by atoms with Crippen molar-refractivity contribution in [3.05, 3.63) is 24.4 Å². The number of aromatic nitrogens is 1. The summed E-state index contributed by atoms with van der Waals surface area (Å²) in [5.74, 6) is -0.830. The molecule has 0 saturated heterocycles. The normalized spacial score (nSPS) is 11.4. The lowest BCUT2D eigenvalue weighted by molar-refractivity contribution is -0.138. The summed E-state index contributed by atoms with van der Waals surface area (Å²) in [6.45, 7) is 4.90. The van der Waals surface area contributed by atoms with E-state index in [0.717, 1.165) is 5.03 Å². The summed E-state index contributed by atoms with van der Waals surface area (Å²) in [5.41, 5.74) is 0. The number of carboxylic acids is 1. The first-order valence-electron chi connectivity index (χ1n) is 5.56. The first-order valence-corrected chi connectivity index (χ1v) is 7.71. The molecular weight excluding hydrogens is 270 g/mol. The zero-order valence-corrected chi connectivity index (χ0v) is 12.1. The van der Waals surface area contributed by atoms with Gasteiger partial charge in [-0.2, -0.15) is 0 Å². The Morgan fingerprint density at radius 3 is 2.89 bits per heavy atom. The Kier molecular flexibility index (Phi) is 6.52. The molecular formula is C12H17NO3S2. The van der Waals surface area contributed by atoms with Crippen LogP contribution in [0.2, 0.25) is 0 Å². The minimum atomic E-state index is -0.830. The molecule has 1 N–H and O–H groups in total. The van der Waals surface area contributed by atoms with Crippen molar-refractivity contribution in [2.75, 3.05) is 13.2 Å². The predicted octanol–water partition coefficient (Wildman–Crippen LogP) is 3.09. The number of aliphatic carboxylic acids is 1. The number of pyridine rings is 1. The third-order valence-electron chi connectivity index (χ3n) is 1.90. The topological polar surface area (TPSA) is 59.4 Å². The van der Waals surface area contributed by atoms with Crippen LogP contribution < -0.4 is 0 Å². The van der Waals surface area contributed by atoms with E-state index in [9.17, 15) is 4.79 Å². The van der Waals surface area contributed by atoms with Gasteiger partial charge in [0, 0.05) is 10.9 Å². The van der Waals surface area contributed by atoms with Crippen molar-refractivity contribution in [1.29, 1.82) is 0 Å². The van der Waals surface area contributed by atoms with Crippen molar-refractivity contribution in [3.8, 4) is 0 Å². The Morgan fingerprint density at radius 1 is 1.50 bits per heavy atom. The molecule has 100 valence electrons. The van der Waals surface area contributed by atoms with Crippen LogP contribution >= 0.6 is 21.6 Å². The molecule has 0 saturated carbocycles. The Hall–Kier alpha value is -0.720. The summed E-state index contributed by atoms with van der Waals surface area (Å²) < 4.78 is 5.28. The lowest BCUT2D eigenvalue weighted by Gasteiger charge is -2.22. The second-order valence-corrected chi connectivity index (χ2v) is 7.15. The van der Waals surface area contributed by atoms with E-state index in [1.54, 1.807) is 27.8 Å². The SMILES string of the molecule is CC(C)(COCCC(=O)O)SSc1ccccn1. The maximum atomic E-state index is 10.3. The number of carboxylic acid groups (broad SMARTS) is 1. The summed E-state index contributed by atoms with van der Waals surface area (Å²) in [5, 5.41) is 9.46. The summed E-state index contributed by atoms with van der Waals surface area (Å²) >= 11 is 0. The maximum Gasteiger partial charge on any atom is 0.305 e. The zero-order chi connectivity index (χ0) is 13.4. The van der Waals surface area contributed by atoms with Gasteiger partial charge in [-0.3, -0.25) is 4.79 Å². The second kappa shape index (κ2) is 7.66. The number of hydrogen-bond acceptors (Lipinski definition) is 5. The monoisotopic (exact) mass is 287 g/mol. The highest BCUT2D eigenvalue weighted by molar-refractivity contribution is 8.77. The van der Waals surface area contributed by atoms with Crippen LogP contribution in [0.4, 0.5) is 0 Å². The maximum absolute atomic E-state index is 10.3. The molecule has 0 atom stereocenters. The molecule has 1 aromatic rings. The van der Waals surface area contributed by atoms with Gasteiger partial charge in [0.25, 0.3) is 0 Å². The van der Waals surface area contributed by atoms with Gasteiger partial charge in [0.05, 0.1) is 19.6 Å². The number of hydrogen-bond donors (Lipinski definition) is 1. The molecule has 0 aliphatic heterocycles. The van der Waals surface area contributed by atoms with Gasteiger partial charge in [0.2, 0.25) is 0 Å². The van der Waals surface area contributed by atoms with E-state index < -0.39 is 5.97 Å². The van der Waals surface area contributed by atoms with Gasteiger partial charge in [-0.15, -0.1) is 0 Å². The third kappa shape index (κ3) is 6.88. The fourth-order valence-corrected chi connectivity index (χ4v) is 3.11. The molecule has 1 aromatic heterocycles. The van der Waals surface area contributed by atoms with Crippen molar-refractivity contribution in [3.63, 3.8) is 0 Å². The van der Waals surface area contributed by atoms with E-state index in [-0.39, 0.29) is 17.8 Å². The van der Waals surface area contributed by atoms with Crippen molar-refractivity contribution < 1.29 is 14.6 Å². The quantitative estimate of drug-likeness (QED) is 0.585. The zero-order valence-electron chi connectivity index (χ0n) is 10.5. The Labute approximate surface area is 115 Å². The average molecular weight is 287 g/mol. The number of nitrogens with zero attached hydrogens (tertiary/aromatic N) is 1. The molecule has 0 bridgehead atoms. The first kappa shape index (κ1) is 15.3. The Balaban J connectivity index is 2.24. The smallest absolute Gasteiger partial charge is 0.305 e. The van der Waals surface area contributed by atoms with E-state index in [1.807, 2.05) is 18.2 Å². The van der Waals surface area contributed by atoms with Crippen LogP contribution in [-0.4, -0.2) is 34.0 Å². The van der Waals surface area contributed by atoms with Gasteiger partial charge in [0.15, 0.2) is 0 Å². The highest BCUT2D eigenvalue weighted by Gasteiger charge is 2.20. The lowest BCUT2D eigenvalue weighted by atomic mass is 10.2. The molecule has 0 aliphatic rings. The van der Waals surface area contributed by atoms with Crippen molar-refractivity contribution in [2.45, 2.75) is 30.0 Å². The van der Waals surface area contributed by atoms with Crippen LogP contribution in [0.1, 0.15) is 20.3 Å². The molecule has 18 heavy (non-hydrogen) atoms. The van der Waals surface area contributed by atoms with Gasteiger partial charge in [-0.25, -0.2) is 4.98 Å². The highest BCUT2D eigenvalue weighted by Crippen LogP contribution is 2.39. The minimum Gasteiger partial charge on any atom is -0.481 e. The summed E-state index contributed by atoms with van der Waals surface area (Å²) in [7, 11) is 3.27. The minimum absolute atomic E-state index is 0.0497. The van der Waals surface area contributed by atoms with Crippen LogP contribution in [0.5, 0.6) is 0 Å². The van der Waals surface area contributed by atoms with E-state index >= 15 is 0 Å². The summed E-state index contributed by atoms with van der Waals surface area (Å²) in [6.07, 6.45) is 1.81. The van der Waals surface area contributed by atoms with Gasteiger partial charge in [0.1, 0.15) is 5.03 Å². The van der Waals surface area contributed by atoms with Crippen molar-refractivity contribution >= 4 is 27.6 Å². The molecule has 0 amide bonds. The molecule has 4 nitrogen and oxygen atoms in total. The lowest BCUT2D eigenvalue weighted by Crippen LogP contribution is -2.22. The van der Waals surface area contributed by atoms with Crippen LogP contribution in [0.3, 0.4) is 0 Å². The van der Waals surface area contributed by atoms with Gasteiger partial charge < -0.3 is 9.84 Å². The summed E-state index contributed by atoms with van der Waals surface area (Å²) in [6, 6.07) is 5.79. The van der Waals surface area contributed by atoms with Gasteiger partial charge in [-0.05, 0) is 36.8 Å². The van der Waals surface area contributed by atoms with Gasteiger partial charge in [-0.1, -0.05) is 16.9 Å². The average Bonchev–Trinajstić information content (AvgIpc) is 2.34. The molecule has 1 heterocycles. The molecule has 0 fully saturated rings. The van der Waals surface area contributed by atoms with Crippen LogP contribution in [-0.2, 0) is 9.53 Å². The molecule has 0 radical (unpaired) electrons. The first-order chi connectivity index (χ1) is 8.49. The Bertz CT molecular complexity index is 371. The molecule has 0 unspecified atom stereocenters. The number of carbonyl (C=O) groups is 1. The van der Waals surface area contributed by atoms with Crippen LogP contribution in [0.25, 0.3) is 0 Å². The van der Waals surface area contributed by atoms with E-state index in [2.05, 4.69) is 18.8 Å². The molecule has 0 aliphatic carbocycles. The molecule has 0 aromatic carbocycles. The fraction of sp³-hybridized carbons (Fsp3) is 0.500. The standard InChI is InChI=1S/C12H17NO3S2/c1-12(2,9-16-8-6-11(14)15)18-17-10-5-3-4-7-13-10/h3-5,7H,6,8-9H2,1-2H3,(H,14,15). The fourth-order valence-electron chi connectivity index (χ4n) is 1.05. The number of rotatable bonds is 8. The van der Waals surface area contributed by atoms with E-state index in [0.29, 0.717) is 6.61 Å². The van der Waals surface area contributed by atoms with Gasteiger partial charge >= 0.3 is 5.97 Å². The Morgan fingerprint density at radius 2 is 2.28 bits per heavy atom. The summed E-state index contributed by atoms with van der Waals surface area (Å²) in [4.78, 5) is 14.6. The van der Waals surface area contributed by atoms with Crippen molar-refractivity contribution in [2.24, 2.45) is 0 Å². The molecule has 0 spiro atoms. The molecule has 6 heteroatoms. The van der Waals surface area contributed by atoms with E-state index in [4.69, 9.17) is 9.84 Å². The van der Waals surface area contributed by atoms with Crippen LogP contribution in [0, 0.1) is 0 Å². The molecule has 1 rings (SSSR count).